The van der Waals surface area contributed by atoms with Crippen molar-refractivity contribution in [2.24, 2.45) is 0 Å². The van der Waals surface area contributed by atoms with Crippen LogP contribution in [0, 0.1) is 6.92 Å². The van der Waals surface area contributed by atoms with Crippen LogP contribution in [0.25, 0.3) is 16.6 Å². The maximum atomic E-state index is 13.4. The topological polar surface area (TPSA) is 110 Å². The van der Waals surface area contributed by atoms with E-state index in [1.54, 1.807) is 80.6 Å². The Morgan fingerprint density at radius 2 is 1.75 bits per heavy atom. The first kappa shape index (κ1) is 26.2. The zero-order chi connectivity index (χ0) is 28.2. The van der Waals surface area contributed by atoms with E-state index in [-0.39, 0.29) is 11.4 Å². The monoisotopic (exact) mass is 537 g/mol. The normalized spacial score (nSPS) is 10.8. The first-order valence-electron chi connectivity index (χ1n) is 12.4. The standard InChI is InChI=1S/C30H27N5O5/c1-5-15-34-19(2)28(30(37)35(34)20-9-7-6-8-10-20)29(36)33-27-12-11-21(18-32-27)40-24-13-14-31-23-17-26(39-4)25(38-3)16-22(23)24/h5-14,16-18H,1,15H2,2-4H3,(H,32,33,36). The average Bonchev–Trinajstić information content (AvgIpc) is 3.22. The molecule has 0 spiro atoms. The number of methoxy groups -OCH3 is 2. The molecule has 0 aliphatic carbocycles. The number of ether oxygens (including phenoxy) is 3. The van der Waals surface area contributed by atoms with Gasteiger partial charge in [-0.1, -0.05) is 24.3 Å². The molecule has 1 amide bonds. The molecule has 0 fully saturated rings. The van der Waals surface area contributed by atoms with Crippen molar-refractivity contribution in [3.8, 4) is 28.7 Å². The Morgan fingerprint density at radius 1 is 1.00 bits per heavy atom. The van der Waals surface area contributed by atoms with Crippen molar-refractivity contribution in [1.82, 2.24) is 19.3 Å². The third kappa shape index (κ3) is 4.90. The second-order valence-electron chi connectivity index (χ2n) is 8.75. The van der Waals surface area contributed by atoms with Gasteiger partial charge in [-0.15, -0.1) is 6.58 Å². The van der Waals surface area contributed by atoms with E-state index in [2.05, 4.69) is 21.9 Å². The molecule has 0 aliphatic heterocycles. The van der Waals surface area contributed by atoms with Gasteiger partial charge in [-0.3, -0.25) is 19.3 Å². The first-order chi connectivity index (χ1) is 19.4. The SMILES string of the molecule is C=CCn1c(C)c(C(=O)Nc2ccc(Oc3ccnc4cc(OC)c(OC)cc34)cn2)c(=O)n1-c1ccccc1. The highest BCUT2D eigenvalue weighted by Crippen LogP contribution is 2.36. The number of carbonyl (C=O) groups is 1. The summed E-state index contributed by atoms with van der Waals surface area (Å²) in [6, 6.07) is 17.7. The molecule has 10 heteroatoms. The van der Waals surface area contributed by atoms with Crippen LogP contribution in [0.3, 0.4) is 0 Å². The number of benzene rings is 2. The fourth-order valence-electron chi connectivity index (χ4n) is 4.43. The number of hydrogen-bond donors (Lipinski definition) is 1. The Hall–Kier alpha value is -5.38. The van der Waals surface area contributed by atoms with Gasteiger partial charge in [-0.2, -0.15) is 0 Å². The minimum absolute atomic E-state index is 0.0282. The number of carbonyl (C=O) groups excluding carboxylic acids is 1. The first-order valence-corrected chi connectivity index (χ1v) is 12.4. The highest BCUT2D eigenvalue weighted by atomic mass is 16.5. The number of para-hydroxylation sites is 1. The summed E-state index contributed by atoms with van der Waals surface area (Å²) in [4.78, 5) is 35.3. The molecule has 2 aromatic carbocycles. The van der Waals surface area contributed by atoms with Gasteiger partial charge in [0.2, 0.25) is 0 Å². The number of pyridine rings is 2. The number of nitrogens with zero attached hydrogens (tertiary/aromatic N) is 4. The molecule has 0 radical (unpaired) electrons. The van der Waals surface area contributed by atoms with Crippen LogP contribution in [0.4, 0.5) is 5.82 Å². The van der Waals surface area contributed by atoms with E-state index in [1.807, 2.05) is 18.2 Å². The predicted molar refractivity (Wildman–Crippen MR) is 152 cm³/mol. The quantitative estimate of drug-likeness (QED) is 0.259. The fraction of sp³-hybridized carbons (Fsp3) is 0.133. The van der Waals surface area contributed by atoms with Crippen molar-refractivity contribution in [2.75, 3.05) is 19.5 Å². The lowest BCUT2D eigenvalue weighted by Crippen LogP contribution is -2.26. The molecule has 0 bridgehead atoms. The molecule has 10 nitrogen and oxygen atoms in total. The molecule has 40 heavy (non-hydrogen) atoms. The number of aromatic nitrogens is 4. The van der Waals surface area contributed by atoms with E-state index in [9.17, 15) is 9.59 Å². The van der Waals surface area contributed by atoms with Gasteiger partial charge in [0.1, 0.15) is 22.9 Å². The van der Waals surface area contributed by atoms with Crippen LogP contribution in [-0.2, 0) is 6.54 Å². The van der Waals surface area contributed by atoms with Gasteiger partial charge in [0.25, 0.3) is 11.5 Å². The third-order valence-corrected chi connectivity index (χ3v) is 6.34. The zero-order valence-corrected chi connectivity index (χ0v) is 22.2. The summed E-state index contributed by atoms with van der Waals surface area (Å²) in [5, 5.41) is 3.45. The minimum Gasteiger partial charge on any atom is -0.493 e. The van der Waals surface area contributed by atoms with Crippen molar-refractivity contribution in [3.63, 3.8) is 0 Å². The second-order valence-corrected chi connectivity index (χ2v) is 8.75. The molecule has 1 N–H and O–H groups in total. The van der Waals surface area contributed by atoms with E-state index < -0.39 is 11.5 Å². The summed E-state index contributed by atoms with van der Waals surface area (Å²) in [6.45, 7) is 5.87. The van der Waals surface area contributed by atoms with Crippen LogP contribution in [0.2, 0.25) is 0 Å². The third-order valence-electron chi connectivity index (χ3n) is 6.34. The number of fused-ring (bicyclic) bond motifs is 1. The molecule has 5 rings (SSSR count). The summed E-state index contributed by atoms with van der Waals surface area (Å²) in [6.07, 6.45) is 4.79. The number of hydrogen-bond acceptors (Lipinski definition) is 7. The van der Waals surface area contributed by atoms with Crippen LogP contribution in [0.15, 0.2) is 90.5 Å². The number of allylic oxidation sites excluding steroid dienone is 1. The van der Waals surface area contributed by atoms with Crippen molar-refractivity contribution in [3.05, 3.63) is 107 Å². The van der Waals surface area contributed by atoms with E-state index in [0.29, 0.717) is 46.4 Å². The van der Waals surface area contributed by atoms with E-state index in [0.717, 1.165) is 5.39 Å². The highest BCUT2D eigenvalue weighted by molar-refractivity contribution is 6.04. The lowest BCUT2D eigenvalue weighted by molar-refractivity contribution is 0.102. The Kier molecular flexibility index (Phi) is 7.32. The van der Waals surface area contributed by atoms with Crippen LogP contribution in [-0.4, -0.2) is 39.5 Å². The molecule has 0 saturated heterocycles. The second kappa shape index (κ2) is 11.2. The van der Waals surface area contributed by atoms with Gasteiger partial charge in [0.15, 0.2) is 11.5 Å². The van der Waals surface area contributed by atoms with Crippen molar-refractivity contribution < 1.29 is 19.0 Å². The predicted octanol–water partition coefficient (Wildman–Crippen LogP) is 5.14. The maximum absolute atomic E-state index is 13.4. The van der Waals surface area contributed by atoms with E-state index in [1.165, 1.54) is 10.9 Å². The Bertz CT molecular complexity index is 1760. The number of rotatable bonds is 9. The smallest absolute Gasteiger partial charge is 0.284 e. The van der Waals surface area contributed by atoms with Crippen LogP contribution < -0.4 is 25.1 Å². The lowest BCUT2D eigenvalue weighted by Gasteiger charge is -2.12. The van der Waals surface area contributed by atoms with E-state index >= 15 is 0 Å². The summed E-state index contributed by atoms with van der Waals surface area (Å²) in [5.41, 5.74) is 1.44. The van der Waals surface area contributed by atoms with Crippen LogP contribution >= 0.6 is 0 Å². The molecule has 202 valence electrons. The van der Waals surface area contributed by atoms with Crippen LogP contribution in [0.5, 0.6) is 23.0 Å². The Morgan fingerprint density at radius 3 is 2.42 bits per heavy atom. The average molecular weight is 538 g/mol. The maximum Gasteiger partial charge on any atom is 0.284 e. The van der Waals surface area contributed by atoms with Crippen molar-refractivity contribution in [1.29, 1.82) is 0 Å². The molecule has 3 aromatic heterocycles. The highest BCUT2D eigenvalue weighted by Gasteiger charge is 2.23. The van der Waals surface area contributed by atoms with Gasteiger partial charge in [-0.05, 0) is 43.3 Å². The minimum atomic E-state index is -0.558. The summed E-state index contributed by atoms with van der Waals surface area (Å²) in [5.74, 6) is 1.81. The van der Waals surface area contributed by atoms with Gasteiger partial charge < -0.3 is 19.5 Å². The van der Waals surface area contributed by atoms with Gasteiger partial charge in [0.05, 0.1) is 43.9 Å². The number of amides is 1. The molecular weight excluding hydrogens is 510 g/mol. The molecule has 0 unspecified atom stereocenters. The van der Waals surface area contributed by atoms with Gasteiger partial charge in [0, 0.05) is 17.6 Å². The number of nitrogens with one attached hydrogen (secondary N) is 1. The van der Waals surface area contributed by atoms with Crippen LogP contribution in [0.1, 0.15) is 16.1 Å². The summed E-state index contributed by atoms with van der Waals surface area (Å²) >= 11 is 0. The van der Waals surface area contributed by atoms with Gasteiger partial charge in [-0.25, -0.2) is 9.67 Å². The summed E-state index contributed by atoms with van der Waals surface area (Å²) in [7, 11) is 3.12. The van der Waals surface area contributed by atoms with E-state index in [4.69, 9.17) is 14.2 Å². The molecule has 3 heterocycles. The molecule has 0 saturated carbocycles. The number of anilines is 1. The largest absolute Gasteiger partial charge is 0.493 e. The van der Waals surface area contributed by atoms with Crippen molar-refractivity contribution >= 4 is 22.6 Å². The Balaban J connectivity index is 1.39. The Labute approximate surface area is 230 Å². The van der Waals surface area contributed by atoms with Crippen molar-refractivity contribution in [2.45, 2.75) is 13.5 Å². The molecular formula is C30H27N5O5. The molecule has 5 aromatic rings. The lowest BCUT2D eigenvalue weighted by atomic mass is 10.2. The molecule has 0 atom stereocenters. The summed E-state index contributed by atoms with van der Waals surface area (Å²) < 4.78 is 20.0. The fourth-order valence-corrected chi connectivity index (χ4v) is 4.43. The van der Waals surface area contributed by atoms with Gasteiger partial charge >= 0.3 is 0 Å². The zero-order valence-electron chi connectivity index (χ0n) is 22.2. The molecule has 0 aliphatic rings.